The highest BCUT2D eigenvalue weighted by atomic mass is 19.1. The van der Waals surface area contributed by atoms with Crippen molar-refractivity contribution in [3.63, 3.8) is 0 Å². The second-order valence-electron chi connectivity index (χ2n) is 3.55. The molecule has 11 heavy (non-hydrogen) atoms. The molecule has 0 spiro atoms. The van der Waals surface area contributed by atoms with E-state index in [9.17, 15) is 4.39 Å². The van der Waals surface area contributed by atoms with E-state index in [4.69, 9.17) is 5.73 Å². The van der Waals surface area contributed by atoms with Crippen LogP contribution in [0.25, 0.3) is 0 Å². The quantitative estimate of drug-likeness (QED) is 0.614. The summed E-state index contributed by atoms with van der Waals surface area (Å²) in [6, 6.07) is 0. The number of alkyl halides is 1. The molecule has 0 aromatic carbocycles. The van der Waals surface area contributed by atoms with Crippen LogP contribution in [0.3, 0.4) is 0 Å². The Hall–Kier alpha value is -0.150. The summed E-state index contributed by atoms with van der Waals surface area (Å²) in [4.78, 5) is 2.03. The SMILES string of the molecule is CN1CCCCC(F)(CN)C1. The highest BCUT2D eigenvalue weighted by Gasteiger charge is 2.30. The lowest BCUT2D eigenvalue weighted by Gasteiger charge is -2.25. The van der Waals surface area contributed by atoms with Crippen molar-refractivity contribution in [3.05, 3.63) is 0 Å². The van der Waals surface area contributed by atoms with Gasteiger partial charge < -0.3 is 10.6 Å². The average molecular weight is 160 g/mol. The number of nitrogens with two attached hydrogens (primary N) is 1. The summed E-state index contributed by atoms with van der Waals surface area (Å²) in [5, 5.41) is 0. The van der Waals surface area contributed by atoms with Gasteiger partial charge in [-0.05, 0) is 32.9 Å². The molecule has 1 unspecified atom stereocenters. The minimum atomic E-state index is -1.12. The first kappa shape index (κ1) is 8.94. The van der Waals surface area contributed by atoms with Gasteiger partial charge in [-0.3, -0.25) is 0 Å². The van der Waals surface area contributed by atoms with Gasteiger partial charge in [0.1, 0.15) is 5.67 Å². The Morgan fingerprint density at radius 2 is 2.27 bits per heavy atom. The van der Waals surface area contributed by atoms with Crippen molar-refractivity contribution < 1.29 is 4.39 Å². The fourth-order valence-electron chi connectivity index (χ4n) is 1.63. The van der Waals surface area contributed by atoms with E-state index in [1.165, 1.54) is 0 Å². The predicted octanol–water partition coefficient (Wildman–Crippen LogP) is 0.769. The van der Waals surface area contributed by atoms with Gasteiger partial charge in [0, 0.05) is 13.1 Å². The van der Waals surface area contributed by atoms with Gasteiger partial charge in [0.2, 0.25) is 0 Å². The van der Waals surface area contributed by atoms with Crippen molar-refractivity contribution in [3.8, 4) is 0 Å². The topological polar surface area (TPSA) is 29.3 Å². The molecule has 3 heteroatoms. The van der Waals surface area contributed by atoms with Crippen molar-refractivity contribution in [2.45, 2.75) is 24.9 Å². The molecular weight excluding hydrogens is 143 g/mol. The van der Waals surface area contributed by atoms with Gasteiger partial charge >= 0.3 is 0 Å². The minimum absolute atomic E-state index is 0.164. The summed E-state index contributed by atoms with van der Waals surface area (Å²) < 4.78 is 13.6. The van der Waals surface area contributed by atoms with E-state index in [0.717, 1.165) is 19.4 Å². The second kappa shape index (κ2) is 3.50. The second-order valence-corrected chi connectivity index (χ2v) is 3.55. The molecule has 0 aromatic rings. The van der Waals surface area contributed by atoms with Crippen LogP contribution < -0.4 is 5.73 Å². The molecule has 2 N–H and O–H groups in total. The minimum Gasteiger partial charge on any atom is -0.327 e. The number of hydrogen-bond donors (Lipinski definition) is 1. The average Bonchev–Trinajstić information content (AvgIpc) is 2.13. The number of likely N-dealkylation sites (tertiary alicyclic amines) is 1. The van der Waals surface area contributed by atoms with E-state index < -0.39 is 5.67 Å². The monoisotopic (exact) mass is 160 g/mol. The molecule has 1 rings (SSSR count). The summed E-state index contributed by atoms with van der Waals surface area (Å²) in [5.74, 6) is 0. The fraction of sp³-hybridized carbons (Fsp3) is 1.00. The van der Waals surface area contributed by atoms with Crippen molar-refractivity contribution in [1.82, 2.24) is 4.90 Å². The predicted molar refractivity (Wildman–Crippen MR) is 44.2 cm³/mol. The van der Waals surface area contributed by atoms with Crippen molar-refractivity contribution in [1.29, 1.82) is 0 Å². The first-order chi connectivity index (χ1) is 5.16. The molecule has 2 nitrogen and oxygen atoms in total. The van der Waals surface area contributed by atoms with Gasteiger partial charge in [0.05, 0.1) is 0 Å². The zero-order valence-electron chi connectivity index (χ0n) is 7.15. The summed E-state index contributed by atoms with van der Waals surface area (Å²) in [6.07, 6.45) is 2.70. The van der Waals surface area contributed by atoms with Crippen LogP contribution in [0.4, 0.5) is 4.39 Å². The lowest BCUT2D eigenvalue weighted by molar-refractivity contribution is 0.121. The van der Waals surface area contributed by atoms with Gasteiger partial charge in [-0.15, -0.1) is 0 Å². The van der Waals surface area contributed by atoms with Gasteiger partial charge in [-0.25, -0.2) is 4.39 Å². The van der Waals surface area contributed by atoms with Crippen LogP contribution in [0, 0.1) is 0 Å². The van der Waals surface area contributed by atoms with Crippen LogP contribution in [0.15, 0.2) is 0 Å². The van der Waals surface area contributed by atoms with Crippen molar-refractivity contribution in [2.24, 2.45) is 5.73 Å². The molecule has 0 amide bonds. The zero-order valence-corrected chi connectivity index (χ0v) is 7.15. The fourth-order valence-corrected chi connectivity index (χ4v) is 1.63. The lowest BCUT2D eigenvalue weighted by atomic mass is 10.0. The third-order valence-corrected chi connectivity index (χ3v) is 2.33. The van der Waals surface area contributed by atoms with Crippen LogP contribution in [0.2, 0.25) is 0 Å². The summed E-state index contributed by atoms with van der Waals surface area (Å²) >= 11 is 0. The summed E-state index contributed by atoms with van der Waals surface area (Å²) in [6.45, 7) is 1.67. The molecule has 0 radical (unpaired) electrons. The zero-order chi connectivity index (χ0) is 8.32. The maximum Gasteiger partial charge on any atom is 0.135 e. The maximum absolute atomic E-state index is 13.6. The molecule has 1 heterocycles. The van der Waals surface area contributed by atoms with E-state index in [0.29, 0.717) is 13.0 Å². The molecular formula is C8H17FN2. The Kier molecular flexibility index (Phi) is 2.84. The van der Waals surface area contributed by atoms with Gasteiger partial charge in [-0.1, -0.05) is 0 Å². The van der Waals surface area contributed by atoms with E-state index >= 15 is 0 Å². The van der Waals surface area contributed by atoms with Crippen molar-refractivity contribution in [2.75, 3.05) is 26.7 Å². The van der Waals surface area contributed by atoms with E-state index in [1.54, 1.807) is 0 Å². The van der Waals surface area contributed by atoms with Crippen LogP contribution in [-0.2, 0) is 0 Å². The number of hydrogen-bond acceptors (Lipinski definition) is 2. The van der Waals surface area contributed by atoms with Gasteiger partial charge in [0.25, 0.3) is 0 Å². The number of rotatable bonds is 1. The Bertz CT molecular complexity index is 129. The Balaban J connectivity index is 2.51. The molecule has 1 fully saturated rings. The summed E-state index contributed by atoms with van der Waals surface area (Å²) in [7, 11) is 1.95. The van der Waals surface area contributed by atoms with Crippen LogP contribution in [0.1, 0.15) is 19.3 Å². The van der Waals surface area contributed by atoms with Crippen LogP contribution in [0.5, 0.6) is 0 Å². The van der Waals surface area contributed by atoms with Crippen LogP contribution in [-0.4, -0.2) is 37.3 Å². The molecule has 0 saturated carbocycles. The Labute approximate surface area is 67.6 Å². The standard InChI is InChI=1S/C8H17FN2/c1-11-5-3-2-4-8(9,6-10)7-11/h2-7,10H2,1H3. The first-order valence-electron chi connectivity index (χ1n) is 4.24. The molecule has 1 aliphatic rings. The van der Waals surface area contributed by atoms with E-state index in [2.05, 4.69) is 0 Å². The molecule has 1 aliphatic heterocycles. The van der Waals surface area contributed by atoms with Crippen LogP contribution >= 0.6 is 0 Å². The molecule has 0 aliphatic carbocycles. The third kappa shape index (κ3) is 2.42. The Morgan fingerprint density at radius 1 is 1.55 bits per heavy atom. The smallest absolute Gasteiger partial charge is 0.135 e. The molecule has 1 atom stereocenters. The summed E-state index contributed by atoms with van der Waals surface area (Å²) in [5.41, 5.74) is 4.25. The maximum atomic E-state index is 13.6. The van der Waals surface area contributed by atoms with E-state index in [1.807, 2.05) is 11.9 Å². The van der Waals surface area contributed by atoms with Gasteiger partial charge in [0.15, 0.2) is 0 Å². The first-order valence-corrected chi connectivity index (χ1v) is 4.24. The highest BCUT2D eigenvalue weighted by molar-refractivity contribution is 4.85. The third-order valence-electron chi connectivity index (χ3n) is 2.33. The van der Waals surface area contributed by atoms with Gasteiger partial charge in [-0.2, -0.15) is 0 Å². The van der Waals surface area contributed by atoms with Crippen molar-refractivity contribution >= 4 is 0 Å². The molecule has 1 saturated heterocycles. The number of nitrogens with zero attached hydrogens (tertiary/aromatic N) is 1. The largest absolute Gasteiger partial charge is 0.327 e. The number of halogens is 1. The molecule has 0 bridgehead atoms. The highest BCUT2D eigenvalue weighted by Crippen LogP contribution is 2.22. The van der Waals surface area contributed by atoms with E-state index in [-0.39, 0.29) is 6.54 Å². The normalized spacial score (nSPS) is 35.2. The molecule has 66 valence electrons. The lowest BCUT2D eigenvalue weighted by Crippen LogP contribution is -2.42. The Morgan fingerprint density at radius 3 is 2.91 bits per heavy atom. The molecule has 0 aromatic heterocycles.